The average Bonchev–Trinajstić information content (AvgIpc) is 2.51. The third-order valence-electron chi connectivity index (χ3n) is 2.40. The molecule has 1 aliphatic rings. The van der Waals surface area contributed by atoms with Gasteiger partial charge in [-0.3, -0.25) is 0 Å². The van der Waals surface area contributed by atoms with Crippen LogP contribution in [-0.2, 0) is 21.2 Å². The molecule has 2 rings (SSSR count). The first-order valence-corrected chi connectivity index (χ1v) is 5.99. The first kappa shape index (κ1) is 10.8. The zero-order valence-electron chi connectivity index (χ0n) is 8.17. The lowest BCUT2D eigenvalue weighted by atomic mass is 10.1. The summed E-state index contributed by atoms with van der Waals surface area (Å²) in [6, 6.07) is 4.79. The Hall–Kier alpha value is -1.66. The number of hydrogen-bond donors (Lipinski definition) is 2. The second-order valence-corrected chi connectivity index (χ2v) is 5.21. The molecule has 0 radical (unpaired) electrons. The van der Waals surface area contributed by atoms with Crippen molar-refractivity contribution in [3.63, 3.8) is 0 Å². The van der Waals surface area contributed by atoms with E-state index in [1.54, 1.807) is 18.2 Å². The molecule has 3 N–H and O–H groups in total. The second kappa shape index (κ2) is 3.43. The zero-order chi connectivity index (χ0) is 11.9. The summed E-state index contributed by atoms with van der Waals surface area (Å²) < 4.78 is 23.8. The Labute approximate surface area is 92.1 Å². The van der Waals surface area contributed by atoms with E-state index in [2.05, 4.69) is 0 Å². The Balaban J connectivity index is 2.76. The van der Waals surface area contributed by atoms with Crippen LogP contribution in [0.15, 0.2) is 28.0 Å². The van der Waals surface area contributed by atoms with Crippen LogP contribution in [-0.4, -0.2) is 19.5 Å². The number of sulfone groups is 1. The SMILES string of the molecule is NCc1cccc2c1S(=O)(=O)C(C(=O)O)=C2. The van der Waals surface area contributed by atoms with Gasteiger partial charge in [0.05, 0.1) is 4.90 Å². The van der Waals surface area contributed by atoms with E-state index in [-0.39, 0.29) is 11.4 Å². The van der Waals surface area contributed by atoms with Gasteiger partial charge in [0.25, 0.3) is 0 Å². The third-order valence-corrected chi connectivity index (χ3v) is 4.31. The number of hydrogen-bond acceptors (Lipinski definition) is 4. The lowest BCUT2D eigenvalue weighted by molar-refractivity contribution is -0.131. The minimum atomic E-state index is -3.91. The van der Waals surface area contributed by atoms with Crippen LogP contribution in [0, 0.1) is 0 Å². The van der Waals surface area contributed by atoms with Gasteiger partial charge in [0, 0.05) is 6.54 Å². The fourth-order valence-corrected chi connectivity index (χ4v) is 3.38. The molecule has 0 spiro atoms. The van der Waals surface area contributed by atoms with Crippen molar-refractivity contribution in [2.24, 2.45) is 5.73 Å². The molecule has 6 heteroatoms. The van der Waals surface area contributed by atoms with Crippen LogP contribution in [0.25, 0.3) is 6.08 Å². The van der Waals surface area contributed by atoms with Gasteiger partial charge in [-0.15, -0.1) is 0 Å². The fraction of sp³-hybridized carbons (Fsp3) is 0.100. The Morgan fingerprint density at radius 3 is 2.62 bits per heavy atom. The number of fused-ring (bicyclic) bond motifs is 1. The van der Waals surface area contributed by atoms with Gasteiger partial charge in [-0.2, -0.15) is 0 Å². The molecular weight excluding hydrogens is 230 g/mol. The number of carboxylic acids is 1. The molecule has 5 nitrogen and oxygen atoms in total. The molecular formula is C10H9NO4S. The van der Waals surface area contributed by atoms with Crippen molar-refractivity contribution in [2.75, 3.05) is 0 Å². The van der Waals surface area contributed by atoms with Crippen molar-refractivity contribution in [2.45, 2.75) is 11.4 Å². The van der Waals surface area contributed by atoms with Crippen LogP contribution in [0.5, 0.6) is 0 Å². The molecule has 0 fully saturated rings. The molecule has 1 aromatic carbocycles. The fourth-order valence-electron chi connectivity index (χ4n) is 1.71. The van der Waals surface area contributed by atoms with E-state index in [1.807, 2.05) is 0 Å². The standard InChI is InChI=1S/C10H9NO4S/c11-5-7-3-1-2-6-4-8(10(12)13)16(14,15)9(6)7/h1-4H,5,11H2,(H,12,13). The molecule has 1 aromatic rings. The maximum absolute atomic E-state index is 11.9. The smallest absolute Gasteiger partial charge is 0.347 e. The van der Waals surface area contributed by atoms with Gasteiger partial charge < -0.3 is 10.8 Å². The average molecular weight is 239 g/mol. The summed E-state index contributed by atoms with van der Waals surface area (Å²) >= 11 is 0. The molecule has 1 heterocycles. The van der Waals surface area contributed by atoms with E-state index in [4.69, 9.17) is 10.8 Å². The first-order chi connectivity index (χ1) is 7.48. The number of carboxylic acid groups (broad SMARTS) is 1. The highest BCUT2D eigenvalue weighted by Crippen LogP contribution is 2.35. The van der Waals surface area contributed by atoms with Gasteiger partial charge >= 0.3 is 5.97 Å². The van der Waals surface area contributed by atoms with Crippen LogP contribution < -0.4 is 5.73 Å². The summed E-state index contributed by atoms with van der Waals surface area (Å²) in [7, 11) is -3.91. The lowest BCUT2D eigenvalue weighted by Crippen LogP contribution is -2.12. The van der Waals surface area contributed by atoms with Crippen molar-refractivity contribution in [3.8, 4) is 0 Å². The highest BCUT2D eigenvalue weighted by atomic mass is 32.2. The van der Waals surface area contributed by atoms with E-state index in [1.165, 1.54) is 0 Å². The summed E-state index contributed by atoms with van der Waals surface area (Å²) in [6.07, 6.45) is 1.16. The number of benzene rings is 1. The van der Waals surface area contributed by atoms with E-state index < -0.39 is 20.7 Å². The molecule has 84 valence electrons. The molecule has 16 heavy (non-hydrogen) atoms. The van der Waals surface area contributed by atoms with Gasteiger partial charge in [0.1, 0.15) is 0 Å². The Morgan fingerprint density at radius 1 is 1.38 bits per heavy atom. The second-order valence-electron chi connectivity index (χ2n) is 3.36. The molecule has 0 aromatic heterocycles. The van der Waals surface area contributed by atoms with Crippen LogP contribution in [0.3, 0.4) is 0 Å². The summed E-state index contributed by atoms with van der Waals surface area (Å²) in [5.74, 6) is -1.45. The Kier molecular flexibility index (Phi) is 2.32. The minimum absolute atomic E-state index is 0.0231. The molecule has 0 saturated heterocycles. The summed E-state index contributed by atoms with van der Waals surface area (Å²) in [6.45, 7) is 0.0587. The predicted octanol–water partition coefficient (Wildman–Crippen LogP) is 0.358. The molecule has 0 unspecified atom stereocenters. The molecule has 0 atom stereocenters. The minimum Gasteiger partial charge on any atom is -0.477 e. The van der Waals surface area contributed by atoms with Crippen molar-refractivity contribution in [3.05, 3.63) is 34.2 Å². The summed E-state index contributed by atoms with van der Waals surface area (Å²) in [5, 5.41) is 8.81. The highest BCUT2D eigenvalue weighted by Gasteiger charge is 2.35. The molecule has 0 saturated carbocycles. The monoisotopic (exact) mass is 239 g/mol. The number of aliphatic carboxylic acids is 1. The van der Waals surface area contributed by atoms with Crippen LogP contribution in [0.4, 0.5) is 0 Å². The number of carbonyl (C=O) groups is 1. The summed E-state index contributed by atoms with van der Waals surface area (Å²) in [5.41, 5.74) is 6.25. The normalized spacial score (nSPS) is 16.7. The van der Waals surface area contributed by atoms with Crippen LogP contribution in [0.1, 0.15) is 11.1 Å². The van der Waals surface area contributed by atoms with Crippen LogP contribution in [0.2, 0.25) is 0 Å². The van der Waals surface area contributed by atoms with Gasteiger partial charge in [-0.05, 0) is 17.2 Å². The van der Waals surface area contributed by atoms with Crippen molar-refractivity contribution < 1.29 is 18.3 Å². The number of nitrogens with two attached hydrogens (primary N) is 1. The largest absolute Gasteiger partial charge is 0.477 e. The van der Waals surface area contributed by atoms with Gasteiger partial charge in [-0.1, -0.05) is 18.2 Å². The van der Waals surface area contributed by atoms with E-state index in [9.17, 15) is 13.2 Å². The zero-order valence-corrected chi connectivity index (χ0v) is 8.99. The Morgan fingerprint density at radius 2 is 2.06 bits per heavy atom. The topological polar surface area (TPSA) is 97.5 Å². The summed E-state index contributed by atoms with van der Waals surface area (Å²) in [4.78, 5) is 10.2. The van der Waals surface area contributed by atoms with Gasteiger partial charge in [0.2, 0.25) is 9.84 Å². The maximum Gasteiger partial charge on any atom is 0.347 e. The molecule has 0 amide bonds. The maximum atomic E-state index is 11.9. The van der Waals surface area contributed by atoms with Crippen molar-refractivity contribution >= 4 is 21.9 Å². The van der Waals surface area contributed by atoms with Crippen molar-refractivity contribution in [1.82, 2.24) is 0 Å². The van der Waals surface area contributed by atoms with E-state index in [0.717, 1.165) is 6.08 Å². The third kappa shape index (κ3) is 1.35. The molecule has 0 bridgehead atoms. The van der Waals surface area contributed by atoms with Gasteiger partial charge in [0.15, 0.2) is 4.91 Å². The number of rotatable bonds is 2. The lowest BCUT2D eigenvalue weighted by Gasteiger charge is -2.05. The van der Waals surface area contributed by atoms with Crippen LogP contribution >= 0.6 is 0 Å². The quantitative estimate of drug-likeness (QED) is 0.776. The Bertz CT molecular complexity index is 601. The van der Waals surface area contributed by atoms with Gasteiger partial charge in [-0.25, -0.2) is 13.2 Å². The molecule has 0 aliphatic carbocycles. The highest BCUT2D eigenvalue weighted by molar-refractivity contribution is 7.96. The predicted molar refractivity (Wildman–Crippen MR) is 57.1 cm³/mol. The van der Waals surface area contributed by atoms with E-state index in [0.29, 0.717) is 11.1 Å². The van der Waals surface area contributed by atoms with Crippen molar-refractivity contribution in [1.29, 1.82) is 0 Å². The van der Waals surface area contributed by atoms with E-state index >= 15 is 0 Å². The first-order valence-electron chi connectivity index (χ1n) is 4.50. The molecule has 1 aliphatic heterocycles.